The Bertz CT molecular complexity index is 997. The van der Waals surface area contributed by atoms with Crippen molar-refractivity contribution in [3.05, 3.63) is 26.8 Å². The first kappa shape index (κ1) is 45.7. The second-order valence-electron chi connectivity index (χ2n) is 14.8. The van der Waals surface area contributed by atoms with Crippen molar-refractivity contribution in [3.63, 3.8) is 0 Å². The van der Waals surface area contributed by atoms with Gasteiger partial charge in [-0.3, -0.25) is 3.07 Å². The summed E-state index contributed by atoms with van der Waals surface area (Å²) in [6, 6.07) is 3.85. The predicted molar refractivity (Wildman–Crippen MR) is 218 cm³/mol. The van der Waals surface area contributed by atoms with E-state index in [-0.39, 0.29) is 4.90 Å². The molecule has 0 heterocycles. The van der Waals surface area contributed by atoms with Crippen LogP contribution in [0.4, 0.5) is 0 Å². The van der Waals surface area contributed by atoms with Gasteiger partial charge in [0.05, 0.1) is 8.47 Å². The summed E-state index contributed by atoms with van der Waals surface area (Å²) in [4.78, 5) is 0.116. The van der Waals surface area contributed by atoms with Crippen LogP contribution in [-0.4, -0.2) is 8.42 Å². The summed E-state index contributed by atoms with van der Waals surface area (Å²) in [6.45, 7) is 4.56. The molecule has 48 heavy (non-hydrogen) atoms. The SMILES string of the molecule is CCCCCCCCCCCCCCCCCCc1cc(CCCCCCCCCCCCCCCCCC)c(I=O)c(S(N)(=O)=O)c1. The predicted octanol–water partition coefficient (Wildman–Crippen LogP) is 14.4. The van der Waals surface area contributed by atoms with E-state index < -0.39 is 31.2 Å². The molecule has 0 amide bonds. The van der Waals surface area contributed by atoms with Crippen LogP contribution in [0.2, 0.25) is 0 Å². The van der Waals surface area contributed by atoms with E-state index in [9.17, 15) is 11.5 Å². The Kier molecular flexibility index (Phi) is 31.0. The van der Waals surface area contributed by atoms with Gasteiger partial charge in [-0.1, -0.05) is 213 Å². The number of unbranched alkanes of at least 4 members (excludes halogenated alkanes) is 30. The van der Waals surface area contributed by atoms with Gasteiger partial charge >= 0.3 is 0 Å². The van der Waals surface area contributed by atoms with Gasteiger partial charge in [-0.2, -0.15) is 0 Å². The number of halogens is 1. The minimum atomic E-state index is -3.88. The standard InChI is InChI=1S/C42H78INO3S/c1-3-5-7-9-11-13-15-17-19-21-23-25-27-29-31-33-35-39-37-40(42(43-45)41(38-39)48(44,46)47)36-34-32-30-28-26-24-22-20-18-16-14-12-10-8-6-4-2/h37-38H,3-36H2,1-2H3,(H2,44,46,47). The third kappa shape index (κ3) is 25.6. The molecule has 0 bridgehead atoms. The third-order valence-corrected chi connectivity index (χ3v) is 13.2. The summed E-state index contributed by atoms with van der Waals surface area (Å²) in [6.07, 6.45) is 44.4. The average molecular weight is 804 g/mol. The third-order valence-electron chi connectivity index (χ3n) is 10.2. The summed E-state index contributed by atoms with van der Waals surface area (Å²) in [5, 5.41) is 5.60. The Balaban J connectivity index is 2.23. The first-order chi connectivity index (χ1) is 23.4. The highest BCUT2D eigenvalue weighted by Gasteiger charge is 2.19. The van der Waals surface area contributed by atoms with Gasteiger partial charge in [0, 0.05) is 0 Å². The van der Waals surface area contributed by atoms with Gasteiger partial charge in [0.15, 0.2) is 21.2 Å². The first-order valence-electron chi connectivity index (χ1n) is 20.9. The van der Waals surface area contributed by atoms with Crippen LogP contribution in [0.3, 0.4) is 0 Å². The maximum Gasteiger partial charge on any atom is 0.239 e. The molecule has 0 aliphatic carbocycles. The number of nitrogens with two attached hydrogens (primary N) is 1. The Morgan fingerprint density at radius 1 is 0.458 bits per heavy atom. The average Bonchev–Trinajstić information content (AvgIpc) is 3.07. The molecular weight excluding hydrogens is 725 g/mol. The molecule has 0 spiro atoms. The van der Waals surface area contributed by atoms with Crippen LogP contribution in [-0.2, 0) is 25.9 Å². The van der Waals surface area contributed by atoms with Gasteiger partial charge in [0.25, 0.3) is 0 Å². The van der Waals surface area contributed by atoms with Crippen molar-refractivity contribution in [1.29, 1.82) is 0 Å². The molecule has 0 fully saturated rings. The molecule has 0 saturated carbocycles. The molecule has 282 valence electrons. The van der Waals surface area contributed by atoms with Gasteiger partial charge < -0.3 is 0 Å². The first-order valence-corrected chi connectivity index (χ1v) is 24.4. The van der Waals surface area contributed by atoms with Crippen molar-refractivity contribution in [2.75, 3.05) is 0 Å². The fraction of sp³-hybridized carbons (Fsp3) is 0.857. The zero-order valence-corrected chi connectivity index (χ0v) is 34.8. The lowest BCUT2D eigenvalue weighted by Crippen LogP contribution is -2.15. The highest BCUT2D eigenvalue weighted by molar-refractivity contribution is 14.1. The Hall–Kier alpha value is -0.340. The molecule has 1 aromatic rings. The van der Waals surface area contributed by atoms with Crippen LogP contribution in [0, 0.1) is 3.57 Å². The van der Waals surface area contributed by atoms with E-state index in [0.717, 1.165) is 43.2 Å². The smallest absolute Gasteiger partial charge is 0.239 e. The number of hydrogen-bond acceptors (Lipinski definition) is 3. The van der Waals surface area contributed by atoms with Gasteiger partial charge in [0.2, 0.25) is 10.0 Å². The van der Waals surface area contributed by atoms with Crippen LogP contribution in [0.5, 0.6) is 0 Å². The van der Waals surface area contributed by atoms with E-state index in [1.807, 2.05) is 0 Å². The minimum absolute atomic E-state index is 0.116. The number of rotatable bonds is 36. The Labute approximate surface area is 310 Å². The normalized spacial score (nSPS) is 11.9. The number of aryl methyl sites for hydroxylation is 2. The molecule has 0 radical (unpaired) electrons. The van der Waals surface area contributed by atoms with Crippen LogP contribution in [0.15, 0.2) is 17.0 Å². The highest BCUT2D eigenvalue weighted by Crippen LogP contribution is 2.29. The van der Waals surface area contributed by atoms with Crippen molar-refractivity contribution >= 4 is 31.2 Å². The molecule has 1 aromatic carbocycles. The molecule has 0 aromatic heterocycles. The largest absolute Gasteiger partial charge is 0.265 e. The zero-order valence-electron chi connectivity index (χ0n) is 31.8. The summed E-state index contributed by atoms with van der Waals surface area (Å²) < 4.78 is 37.6. The van der Waals surface area contributed by atoms with E-state index in [2.05, 4.69) is 19.9 Å². The second kappa shape index (κ2) is 32.6. The van der Waals surface area contributed by atoms with Crippen LogP contribution in [0.1, 0.15) is 230 Å². The molecule has 0 atom stereocenters. The van der Waals surface area contributed by atoms with E-state index in [1.165, 1.54) is 186 Å². The van der Waals surface area contributed by atoms with Crippen molar-refractivity contribution in [3.8, 4) is 0 Å². The molecule has 0 saturated heterocycles. The summed E-state index contributed by atoms with van der Waals surface area (Å²) >= 11 is -1.60. The van der Waals surface area contributed by atoms with E-state index in [0.29, 0.717) is 3.57 Å². The molecule has 1 rings (SSSR count). The quantitative estimate of drug-likeness (QED) is 0.0542. The zero-order chi connectivity index (χ0) is 35.0. The summed E-state index contributed by atoms with van der Waals surface area (Å²) in [5.41, 5.74) is 2.00. The van der Waals surface area contributed by atoms with E-state index >= 15 is 0 Å². The molecule has 0 aliphatic rings. The molecule has 6 heteroatoms. The van der Waals surface area contributed by atoms with Crippen LogP contribution in [0.25, 0.3) is 0 Å². The number of hydrogen-bond donors (Lipinski definition) is 1. The lowest BCUT2D eigenvalue weighted by Gasteiger charge is -2.12. The fourth-order valence-electron chi connectivity index (χ4n) is 7.08. The number of sulfonamides is 1. The van der Waals surface area contributed by atoms with Crippen LogP contribution < -0.4 is 5.14 Å². The lowest BCUT2D eigenvalue weighted by atomic mass is 9.99. The fourth-order valence-corrected chi connectivity index (χ4v) is 9.99. The maximum atomic E-state index is 12.4. The van der Waals surface area contributed by atoms with Gasteiger partial charge in [-0.05, 0) is 42.9 Å². The monoisotopic (exact) mass is 803 g/mol. The number of primary sulfonamides is 1. The maximum absolute atomic E-state index is 12.4. The van der Waals surface area contributed by atoms with Crippen molar-refractivity contribution in [1.82, 2.24) is 0 Å². The Morgan fingerprint density at radius 3 is 1.04 bits per heavy atom. The molecule has 0 unspecified atom stereocenters. The summed E-state index contributed by atoms with van der Waals surface area (Å²) in [5.74, 6) is 0. The second-order valence-corrected chi connectivity index (χ2v) is 17.8. The number of benzene rings is 1. The van der Waals surface area contributed by atoms with Gasteiger partial charge in [0.1, 0.15) is 0 Å². The molecule has 0 aliphatic heterocycles. The van der Waals surface area contributed by atoms with Crippen molar-refractivity contribution in [2.45, 2.75) is 237 Å². The molecule has 4 nitrogen and oxygen atoms in total. The van der Waals surface area contributed by atoms with E-state index in [1.54, 1.807) is 6.07 Å². The van der Waals surface area contributed by atoms with Crippen molar-refractivity contribution in [2.24, 2.45) is 5.14 Å². The highest BCUT2D eigenvalue weighted by atomic mass is 127. The summed E-state index contributed by atoms with van der Waals surface area (Å²) in [7, 11) is -3.88. The minimum Gasteiger partial charge on any atom is -0.265 e. The van der Waals surface area contributed by atoms with Gasteiger partial charge in [-0.15, -0.1) is 0 Å². The van der Waals surface area contributed by atoms with Crippen LogP contribution >= 0.6 is 21.2 Å². The molecule has 2 N–H and O–H groups in total. The topological polar surface area (TPSA) is 77.2 Å². The Morgan fingerprint density at radius 2 is 0.750 bits per heavy atom. The van der Waals surface area contributed by atoms with E-state index in [4.69, 9.17) is 5.14 Å². The van der Waals surface area contributed by atoms with Gasteiger partial charge in [-0.25, -0.2) is 13.6 Å². The lowest BCUT2D eigenvalue weighted by molar-refractivity contribution is 0.529. The molecular formula is C42H78INO3S. The van der Waals surface area contributed by atoms with Crippen molar-refractivity contribution < 1.29 is 11.5 Å².